The highest BCUT2D eigenvalue weighted by molar-refractivity contribution is 6.03. The summed E-state index contributed by atoms with van der Waals surface area (Å²) in [5, 5.41) is 0. The standard InChI is InChI=1S/C20H17FN2O2/c1-15(18-8-5-13-25-18)23(19-9-2-3-12-22-19)20(24)11-10-16-6-4-7-17(21)14-16/h2-15H,1H3/b11-10+. The highest BCUT2D eigenvalue weighted by atomic mass is 19.1. The molecule has 5 heteroatoms. The first-order valence-corrected chi connectivity index (χ1v) is 7.86. The Balaban J connectivity index is 1.90. The number of halogens is 1. The topological polar surface area (TPSA) is 46.3 Å². The zero-order chi connectivity index (χ0) is 17.6. The molecule has 126 valence electrons. The number of hydrogen-bond donors (Lipinski definition) is 0. The van der Waals surface area contributed by atoms with Gasteiger partial charge in [0.15, 0.2) is 0 Å². The van der Waals surface area contributed by atoms with E-state index in [0.717, 1.165) is 0 Å². The van der Waals surface area contributed by atoms with Crippen LogP contribution in [0, 0.1) is 5.82 Å². The zero-order valence-electron chi connectivity index (χ0n) is 13.7. The largest absolute Gasteiger partial charge is 0.467 e. The van der Waals surface area contributed by atoms with E-state index in [9.17, 15) is 9.18 Å². The van der Waals surface area contributed by atoms with Gasteiger partial charge in [-0.15, -0.1) is 0 Å². The molecule has 0 bridgehead atoms. The third-order valence-electron chi connectivity index (χ3n) is 3.74. The Morgan fingerprint density at radius 3 is 2.76 bits per heavy atom. The Kier molecular flexibility index (Phi) is 5.04. The lowest BCUT2D eigenvalue weighted by atomic mass is 10.1. The number of benzene rings is 1. The number of rotatable bonds is 5. The maximum atomic E-state index is 13.3. The smallest absolute Gasteiger partial charge is 0.252 e. The lowest BCUT2D eigenvalue weighted by molar-refractivity contribution is -0.114. The molecular weight excluding hydrogens is 319 g/mol. The molecule has 25 heavy (non-hydrogen) atoms. The molecule has 1 unspecified atom stereocenters. The van der Waals surface area contributed by atoms with E-state index < -0.39 is 0 Å². The average molecular weight is 336 g/mol. The molecule has 4 nitrogen and oxygen atoms in total. The Bertz CT molecular complexity index is 860. The minimum Gasteiger partial charge on any atom is -0.467 e. The molecule has 0 aliphatic carbocycles. The fourth-order valence-electron chi connectivity index (χ4n) is 2.51. The van der Waals surface area contributed by atoms with E-state index in [4.69, 9.17) is 4.42 Å². The summed E-state index contributed by atoms with van der Waals surface area (Å²) in [5.74, 6) is 0.547. The molecule has 0 saturated carbocycles. The van der Waals surface area contributed by atoms with Crippen molar-refractivity contribution in [3.63, 3.8) is 0 Å². The second-order valence-electron chi connectivity index (χ2n) is 5.48. The fourth-order valence-corrected chi connectivity index (χ4v) is 2.51. The van der Waals surface area contributed by atoms with Gasteiger partial charge in [0.2, 0.25) is 0 Å². The van der Waals surface area contributed by atoms with Gasteiger partial charge >= 0.3 is 0 Å². The SMILES string of the molecule is CC(c1ccco1)N(C(=O)/C=C/c1cccc(F)c1)c1ccccn1. The Hall–Kier alpha value is -3.21. The Labute approximate surface area is 145 Å². The van der Waals surface area contributed by atoms with Gasteiger partial charge in [-0.1, -0.05) is 18.2 Å². The zero-order valence-corrected chi connectivity index (χ0v) is 13.7. The molecule has 0 aliphatic rings. The molecule has 2 heterocycles. The average Bonchev–Trinajstić information content (AvgIpc) is 3.16. The molecular formula is C20H17FN2O2. The van der Waals surface area contributed by atoms with Gasteiger partial charge < -0.3 is 4.42 Å². The number of aromatic nitrogens is 1. The summed E-state index contributed by atoms with van der Waals surface area (Å²) in [6.07, 6.45) is 6.18. The highest BCUT2D eigenvalue weighted by Crippen LogP contribution is 2.26. The molecule has 3 aromatic rings. The number of carbonyl (C=O) groups is 1. The Morgan fingerprint density at radius 2 is 2.08 bits per heavy atom. The summed E-state index contributed by atoms with van der Waals surface area (Å²) in [6, 6.07) is 14.7. The van der Waals surface area contributed by atoms with E-state index in [-0.39, 0.29) is 17.8 Å². The van der Waals surface area contributed by atoms with E-state index >= 15 is 0 Å². The molecule has 0 radical (unpaired) electrons. The van der Waals surface area contributed by atoms with Gasteiger partial charge in [0.25, 0.3) is 5.91 Å². The van der Waals surface area contributed by atoms with Crippen molar-refractivity contribution < 1.29 is 13.6 Å². The van der Waals surface area contributed by atoms with Crippen LogP contribution < -0.4 is 4.90 Å². The highest BCUT2D eigenvalue weighted by Gasteiger charge is 2.24. The minimum absolute atomic E-state index is 0.271. The molecule has 2 aromatic heterocycles. The molecule has 3 rings (SSSR count). The van der Waals surface area contributed by atoms with Crippen LogP contribution >= 0.6 is 0 Å². The molecule has 1 atom stereocenters. The van der Waals surface area contributed by atoms with Crippen molar-refractivity contribution in [3.8, 4) is 0 Å². The number of furan rings is 1. The van der Waals surface area contributed by atoms with Crippen molar-refractivity contribution in [2.75, 3.05) is 4.90 Å². The number of anilines is 1. The third kappa shape index (κ3) is 4.01. The second kappa shape index (κ2) is 7.57. The van der Waals surface area contributed by atoms with E-state index in [1.165, 1.54) is 23.1 Å². The molecule has 0 spiro atoms. The van der Waals surface area contributed by atoms with Crippen LogP contribution in [-0.4, -0.2) is 10.9 Å². The quantitative estimate of drug-likeness (QED) is 0.639. The van der Waals surface area contributed by atoms with E-state index in [1.54, 1.807) is 48.9 Å². The first-order chi connectivity index (χ1) is 12.1. The Morgan fingerprint density at radius 1 is 1.20 bits per heavy atom. The molecule has 1 amide bonds. The number of amides is 1. The van der Waals surface area contributed by atoms with Crippen molar-refractivity contribution in [2.24, 2.45) is 0 Å². The normalized spacial score (nSPS) is 12.2. The van der Waals surface area contributed by atoms with Crippen molar-refractivity contribution in [1.29, 1.82) is 0 Å². The van der Waals surface area contributed by atoms with Crippen molar-refractivity contribution in [3.05, 3.63) is 90.3 Å². The number of pyridine rings is 1. The summed E-state index contributed by atoms with van der Waals surface area (Å²) in [7, 11) is 0. The van der Waals surface area contributed by atoms with Gasteiger partial charge in [-0.05, 0) is 55.0 Å². The van der Waals surface area contributed by atoms with Crippen LogP contribution in [0.15, 0.2) is 77.6 Å². The summed E-state index contributed by atoms with van der Waals surface area (Å²) in [6.45, 7) is 1.86. The lowest BCUT2D eigenvalue weighted by Gasteiger charge is -2.25. The maximum Gasteiger partial charge on any atom is 0.252 e. The van der Waals surface area contributed by atoms with Crippen LogP contribution in [0.5, 0.6) is 0 Å². The summed E-state index contributed by atoms with van der Waals surface area (Å²) < 4.78 is 18.7. The first kappa shape index (κ1) is 16.6. The van der Waals surface area contributed by atoms with Crippen molar-refractivity contribution in [2.45, 2.75) is 13.0 Å². The second-order valence-corrected chi connectivity index (χ2v) is 5.48. The summed E-state index contributed by atoms with van der Waals surface area (Å²) in [4.78, 5) is 18.6. The predicted molar refractivity (Wildman–Crippen MR) is 94.3 cm³/mol. The fraction of sp³-hybridized carbons (Fsp3) is 0.100. The third-order valence-corrected chi connectivity index (χ3v) is 3.74. The van der Waals surface area contributed by atoms with Gasteiger partial charge in [-0.3, -0.25) is 9.69 Å². The number of nitrogens with zero attached hydrogens (tertiary/aromatic N) is 2. The molecule has 0 aliphatic heterocycles. The van der Waals surface area contributed by atoms with Crippen LogP contribution in [0.4, 0.5) is 10.2 Å². The van der Waals surface area contributed by atoms with E-state index in [2.05, 4.69) is 4.98 Å². The monoisotopic (exact) mass is 336 g/mol. The summed E-state index contributed by atoms with van der Waals surface area (Å²) in [5.41, 5.74) is 0.611. The molecule has 0 saturated heterocycles. The van der Waals surface area contributed by atoms with Crippen molar-refractivity contribution >= 4 is 17.8 Å². The van der Waals surface area contributed by atoms with Crippen LogP contribution in [0.2, 0.25) is 0 Å². The molecule has 0 N–H and O–H groups in total. The van der Waals surface area contributed by atoms with Crippen molar-refractivity contribution in [1.82, 2.24) is 4.98 Å². The van der Waals surface area contributed by atoms with E-state index in [0.29, 0.717) is 17.1 Å². The van der Waals surface area contributed by atoms with Gasteiger partial charge in [-0.2, -0.15) is 0 Å². The molecule has 0 fully saturated rings. The van der Waals surface area contributed by atoms with Crippen LogP contribution in [-0.2, 0) is 4.79 Å². The molecule has 1 aromatic carbocycles. The van der Waals surface area contributed by atoms with Gasteiger partial charge in [-0.25, -0.2) is 9.37 Å². The first-order valence-electron chi connectivity index (χ1n) is 7.86. The van der Waals surface area contributed by atoms with Crippen LogP contribution in [0.1, 0.15) is 24.3 Å². The minimum atomic E-state index is -0.347. The van der Waals surface area contributed by atoms with Gasteiger partial charge in [0.1, 0.15) is 17.4 Å². The summed E-state index contributed by atoms with van der Waals surface area (Å²) >= 11 is 0. The van der Waals surface area contributed by atoms with Crippen LogP contribution in [0.3, 0.4) is 0 Å². The lowest BCUT2D eigenvalue weighted by Crippen LogP contribution is -2.32. The van der Waals surface area contributed by atoms with Gasteiger partial charge in [0.05, 0.1) is 12.3 Å². The van der Waals surface area contributed by atoms with E-state index in [1.807, 2.05) is 19.1 Å². The van der Waals surface area contributed by atoms with Gasteiger partial charge in [0, 0.05) is 12.3 Å². The predicted octanol–water partition coefficient (Wildman–Crippen LogP) is 4.62. The number of hydrogen-bond acceptors (Lipinski definition) is 3. The number of carbonyl (C=O) groups excluding carboxylic acids is 1. The van der Waals surface area contributed by atoms with Crippen LogP contribution in [0.25, 0.3) is 6.08 Å². The maximum absolute atomic E-state index is 13.3.